The molecule has 2 atom stereocenters. The van der Waals surface area contributed by atoms with Gasteiger partial charge in [-0.15, -0.1) is 0 Å². The highest BCUT2D eigenvalue weighted by Gasteiger charge is 2.49. The minimum atomic E-state index is 0.111. The van der Waals surface area contributed by atoms with E-state index in [0.29, 0.717) is 12.1 Å². The predicted molar refractivity (Wildman–Crippen MR) is 73.0 cm³/mol. The highest BCUT2D eigenvalue weighted by atomic mass is 35.5. The molecular formula is C13H20ClN3O. The van der Waals surface area contributed by atoms with E-state index >= 15 is 0 Å². The van der Waals surface area contributed by atoms with Crippen molar-refractivity contribution >= 4 is 17.4 Å². The Labute approximate surface area is 113 Å². The molecule has 0 spiro atoms. The number of nitrogens with zero attached hydrogens (tertiary/aromatic N) is 2. The molecule has 0 aromatic carbocycles. The topological polar surface area (TPSA) is 47.0 Å². The van der Waals surface area contributed by atoms with Gasteiger partial charge in [0.15, 0.2) is 0 Å². The van der Waals surface area contributed by atoms with Gasteiger partial charge in [-0.2, -0.15) is 0 Å². The van der Waals surface area contributed by atoms with E-state index < -0.39 is 0 Å². The lowest BCUT2D eigenvalue weighted by atomic mass is 9.64. The number of hydrogen-bond acceptors (Lipinski definition) is 4. The summed E-state index contributed by atoms with van der Waals surface area (Å²) in [6, 6.07) is 0.360. The first kappa shape index (κ1) is 13.6. The summed E-state index contributed by atoms with van der Waals surface area (Å²) in [6.07, 6.45) is 3.06. The SMILES string of the molecule is CCOC1CC(Nc2nc(Cl)ncc2C)C1(C)C. The molecule has 0 amide bonds. The lowest BCUT2D eigenvalue weighted by Crippen LogP contribution is -2.58. The van der Waals surface area contributed by atoms with Gasteiger partial charge in [0.1, 0.15) is 5.82 Å². The van der Waals surface area contributed by atoms with Crippen LogP contribution < -0.4 is 5.32 Å². The van der Waals surface area contributed by atoms with Crippen molar-refractivity contribution in [3.05, 3.63) is 17.0 Å². The van der Waals surface area contributed by atoms with Crippen molar-refractivity contribution in [2.75, 3.05) is 11.9 Å². The van der Waals surface area contributed by atoms with E-state index in [1.54, 1.807) is 6.20 Å². The Kier molecular flexibility index (Phi) is 3.78. The van der Waals surface area contributed by atoms with Crippen LogP contribution in [0.3, 0.4) is 0 Å². The summed E-state index contributed by atoms with van der Waals surface area (Å²) in [5.41, 5.74) is 1.12. The number of halogens is 1. The minimum absolute atomic E-state index is 0.111. The fraction of sp³-hybridized carbons (Fsp3) is 0.692. The van der Waals surface area contributed by atoms with Crippen LogP contribution in [0.4, 0.5) is 5.82 Å². The van der Waals surface area contributed by atoms with Crippen LogP contribution in [0.15, 0.2) is 6.20 Å². The molecule has 1 aromatic rings. The Morgan fingerprint density at radius 3 is 2.89 bits per heavy atom. The highest BCUT2D eigenvalue weighted by molar-refractivity contribution is 6.28. The van der Waals surface area contributed by atoms with E-state index in [9.17, 15) is 0 Å². The van der Waals surface area contributed by atoms with Gasteiger partial charge in [0.2, 0.25) is 5.28 Å². The maximum Gasteiger partial charge on any atom is 0.224 e. The lowest BCUT2D eigenvalue weighted by molar-refractivity contribution is -0.0976. The van der Waals surface area contributed by atoms with E-state index in [-0.39, 0.29) is 10.7 Å². The highest BCUT2D eigenvalue weighted by Crippen LogP contribution is 2.44. The second kappa shape index (κ2) is 5.02. The molecule has 1 heterocycles. The summed E-state index contributed by atoms with van der Waals surface area (Å²) in [6.45, 7) is 9.20. The van der Waals surface area contributed by atoms with Gasteiger partial charge in [-0.3, -0.25) is 0 Å². The zero-order chi connectivity index (χ0) is 13.3. The van der Waals surface area contributed by atoms with Gasteiger partial charge in [-0.25, -0.2) is 9.97 Å². The maximum atomic E-state index is 5.82. The first-order valence-electron chi connectivity index (χ1n) is 6.32. The largest absolute Gasteiger partial charge is 0.378 e. The van der Waals surface area contributed by atoms with Crippen LogP contribution in [0, 0.1) is 12.3 Å². The Hall–Kier alpha value is -0.870. The molecule has 1 aliphatic carbocycles. The summed E-state index contributed by atoms with van der Waals surface area (Å²) in [5, 5.41) is 3.73. The van der Waals surface area contributed by atoms with E-state index in [4.69, 9.17) is 16.3 Å². The smallest absolute Gasteiger partial charge is 0.224 e. The molecule has 0 saturated heterocycles. The van der Waals surface area contributed by atoms with Crippen LogP contribution in [0.1, 0.15) is 32.8 Å². The van der Waals surface area contributed by atoms with Crippen LogP contribution in [-0.2, 0) is 4.74 Å². The Morgan fingerprint density at radius 1 is 1.56 bits per heavy atom. The van der Waals surface area contributed by atoms with Crippen LogP contribution in [-0.4, -0.2) is 28.7 Å². The number of hydrogen-bond donors (Lipinski definition) is 1. The summed E-state index contributed by atoms with van der Waals surface area (Å²) in [7, 11) is 0. The fourth-order valence-corrected chi connectivity index (χ4v) is 2.48. The van der Waals surface area contributed by atoms with Gasteiger partial charge in [-0.1, -0.05) is 13.8 Å². The average Bonchev–Trinajstić information content (AvgIpc) is 2.32. The number of aryl methyl sites for hydroxylation is 1. The standard InChI is InChI=1S/C13H20ClN3O/c1-5-18-10-6-9(13(10,3)4)16-11-8(2)7-15-12(14)17-11/h7,9-10H,5-6H2,1-4H3,(H,15,16,17). The van der Waals surface area contributed by atoms with Crippen molar-refractivity contribution in [3.63, 3.8) is 0 Å². The average molecular weight is 270 g/mol. The van der Waals surface area contributed by atoms with E-state index in [0.717, 1.165) is 24.4 Å². The molecule has 0 bridgehead atoms. The van der Waals surface area contributed by atoms with E-state index in [2.05, 4.69) is 29.1 Å². The maximum absolute atomic E-state index is 5.82. The zero-order valence-electron chi connectivity index (χ0n) is 11.3. The molecule has 1 aromatic heterocycles. The van der Waals surface area contributed by atoms with Gasteiger partial charge in [0.25, 0.3) is 0 Å². The van der Waals surface area contributed by atoms with Crippen molar-refractivity contribution in [3.8, 4) is 0 Å². The third-order valence-corrected chi connectivity index (χ3v) is 3.98. The van der Waals surface area contributed by atoms with Crippen LogP contribution in [0.5, 0.6) is 0 Å². The van der Waals surface area contributed by atoms with Crippen molar-refractivity contribution in [1.82, 2.24) is 9.97 Å². The van der Waals surface area contributed by atoms with E-state index in [1.165, 1.54) is 0 Å². The summed E-state index contributed by atoms with van der Waals surface area (Å²) >= 11 is 5.82. The second-order valence-electron chi connectivity index (χ2n) is 5.37. The third-order valence-electron chi connectivity index (χ3n) is 3.80. The Balaban J connectivity index is 2.05. The summed E-state index contributed by atoms with van der Waals surface area (Å²) in [4.78, 5) is 8.19. The fourth-order valence-electron chi connectivity index (χ4n) is 2.35. The van der Waals surface area contributed by atoms with Crippen molar-refractivity contribution in [2.45, 2.75) is 46.3 Å². The molecule has 1 aliphatic rings. The number of ether oxygens (including phenoxy) is 1. The van der Waals surface area contributed by atoms with Gasteiger partial charge >= 0.3 is 0 Å². The van der Waals surface area contributed by atoms with Gasteiger partial charge in [0, 0.05) is 29.8 Å². The number of aromatic nitrogens is 2. The predicted octanol–water partition coefficient (Wildman–Crippen LogP) is 3.05. The molecule has 1 saturated carbocycles. The Bertz CT molecular complexity index is 436. The molecule has 4 nitrogen and oxygen atoms in total. The zero-order valence-corrected chi connectivity index (χ0v) is 12.1. The monoisotopic (exact) mass is 269 g/mol. The van der Waals surface area contributed by atoms with E-state index in [1.807, 2.05) is 13.8 Å². The molecule has 2 rings (SSSR count). The van der Waals surface area contributed by atoms with Crippen molar-refractivity contribution in [2.24, 2.45) is 5.41 Å². The first-order chi connectivity index (χ1) is 8.45. The second-order valence-corrected chi connectivity index (χ2v) is 5.71. The molecule has 18 heavy (non-hydrogen) atoms. The van der Waals surface area contributed by atoms with Crippen LogP contribution in [0.25, 0.3) is 0 Å². The molecular weight excluding hydrogens is 250 g/mol. The van der Waals surface area contributed by atoms with Crippen molar-refractivity contribution in [1.29, 1.82) is 0 Å². The van der Waals surface area contributed by atoms with Crippen LogP contribution in [0.2, 0.25) is 5.28 Å². The molecule has 1 N–H and O–H groups in total. The first-order valence-corrected chi connectivity index (χ1v) is 6.70. The normalized spacial score (nSPS) is 25.6. The number of anilines is 1. The quantitative estimate of drug-likeness (QED) is 0.854. The number of nitrogens with one attached hydrogen (secondary N) is 1. The molecule has 1 fully saturated rings. The molecule has 2 unspecified atom stereocenters. The minimum Gasteiger partial charge on any atom is -0.378 e. The van der Waals surface area contributed by atoms with Gasteiger partial charge in [0.05, 0.1) is 6.10 Å². The van der Waals surface area contributed by atoms with Gasteiger partial charge < -0.3 is 10.1 Å². The molecule has 5 heteroatoms. The molecule has 0 aliphatic heterocycles. The van der Waals surface area contributed by atoms with Crippen LogP contribution >= 0.6 is 11.6 Å². The Morgan fingerprint density at radius 2 is 2.28 bits per heavy atom. The molecule has 0 radical (unpaired) electrons. The van der Waals surface area contributed by atoms with Gasteiger partial charge in [-0.05, 0) is 31.9 Å². The summed E-state index contributed by atoms with van der Waals surface area (Å²) in [5.74, 6) is 0.822. The molecule has 100 valence electrons. The van der Waals surface area contributed by atoms with Crippen molar-refractivity contribution < 1.29 is 4.74 Å². The summed E-state index contributed by atoms with van der Waals surface area (Å²) < 4.78 is 5.72. The lowest BCUT2D eigenvalue weighted by Gasteiger charge is -2.51. The third kappa shape index (κ3) is 2.45. The number of rotatable bonds is 4.